The molecule has 1 unspecified atom stereocenters. The first-order chi connectivity index (χ1) is 11.3. The number of likely N-dealkylation sites (N-methyl/N-ethyl adjacent to an activating group) is 1. The zero-order valence-corrected chi connectivity index (χ0v) is 15.3. The molecule has 1 heterocycles. The van der Waals surface area contributed by atoms with Crippen LogP contribution in [0.4, 0.5) is 0 Å². The highest BCUT2D eigenvalue weighted by atomic mass is 32.1. The lowest BCUT2D eigenvalue weighted by Crippen LogP contribution is -2.47. The van der Waals surface area contributed by atoms with Crippen molar-refractivity contribution in [1.82, 2.24) is 15.2 Å². The van der Waals surface area contributed by atoms with Crippen molar-refractivity contribution < 1.29 is 9.59 Å². The number of thiazole rings is 1. The molecule has 6 nitrogen and oxygen atoms in total. The first-order valence-electron chi connectivity index (χ1n) is 7.95. The quantitative estimate of drug-likeness (QED) is 0.835. The summed E-state index contributed by atoms with van der Waals surface area (Å²) < 4.78 is 1.09. The van der Waals surface area contributed by atoms with E-state index >= 15 is 0 Å². The monoisotopic (exact) mass is 348 g/mol. The summed E-state index contributed by atoms with van der Waals surface area (Å²) in [5, 5.41) is 3.48. The van der Waals surface area contributed by atoms with Crippen LogP contribution in [0.3, 0.4) is 0 Å². The molecule has 1 aromatic carbocycles. The smallest absolute Gasteiger partial charge is 0.242 e. The average molecular weight is 348 g/mol. The molecule has 1 aromatic heterocycles. The fourth-order valence-electron chi connectivity index (χ4n) is 2.16. The number of rotatable bonds is 6. The van der Waals surface area contributed by atoms with E-state index in [-0.39, 0.29) is 30.3 Å². The van der Waals surface area contributed by atoms with Crippen molar-refractivity contribution in [3.8, 4) is 0 Å². The van der Waals surface area contributed by atoms with Gasteiger partial charge in [-0.1, -0.05) is 26.0 Å². The number of aromatic nitrogens is 1. The van der Waals surface area contributed by atoms with Crippen molar-refractivity contribution in [2.24, 2.45) is 11.7 Å². The number of hydrogen-bond acceptors (Lipinski definition) is 5. The van der Waals surface area contributed by atoms with E-state index in [2.05, 4.69) is 10.3 Å². The Morgan fingerprint density at radius 1 is 1.29 bits per heavy atom. The van der Waals surface area contributed by atoms with Gasteiger partial charge in [-0.2, -0.15) is 0 Å². The lowest BCUT2D eigenvalue weighted by molar-refractivity contribution is -0.133. The van der Waals surface area contributed by atoms with Gasteiger partial charge in [-0.25, -0.2) is 4.98 Å². The number of nitrogens with two attached hydrogens (primary N) is 1. The van der Waals surface area contributed by atoms with Crippen LogP contribution in [0.25, 0.3) is 10.2 Å². The van der Waals surface area contributed by atoms with E-state index in [4.69, 9.17) is 5.73 Å². The average Bonchev–Trinajstić information content (AvgIpc) is 3.01. The van der Waals surface area contributed by atoms with E-state index in [0.717, 1.165) is 15.2 Å². The molecule has 24 heavy (non-hydrogen) atoms. The van der Waals surface area contributed by atoms with E-state index in [0.29, 0.717) is 0 Å². The van der Waals surface area contributed by atoms with Crippen molar-refractivity contribution >= 4 is 33.4 Å². The lowest BCUT2D eigenvalue weighted by Gasteiger charge is -2.24. The van der Waals surface area contributed by atoms with Crippen molar-refractivity contribution in [3.63, 3.8) is 0 Å². The molecule has 130 valence electrons. The van der Waals surface area contributed by atoms with Gasteiger partial charge in [-0.05, 0) is 25.0 Å². The highest BCUT2D eigenvalue weighted by molar-refractivity contribution is 7.18. The molecule has 2 aromatic rings. The van der Waals surface area contributed by atoms with Crippen molar-refractivity contribution in [1.29, 1.82) is 0 Å². The minimum atomic E-state index is -0.607. The number of hydrogen-bond donors (Lipinski definition) is 2. The number of carbonyl (C=O) groups is 2. The summed E-state index contributed by atoms with van der Waals surface area (Å²) in [7, 11) is 1.72. The number of nitrogens with zero attached hydrogens (tertiary/aromatic N) is 2. The fraction of sp³-hybridized carbons (Fsp3) is 0.471. The number of para-hydroxylation sites is 1. The predicted molar refractivity (Wildman–Crippen MR) is 96.6 cm³/mol. The highest BCUT2D eigenvalue weighted by Crippen LogP contribution is 2.28. The summed E-state index contributed by atoms with van der Waals surface area (Å²) in [6.45, 7) is 5.60. The van der Waals surface area contributed by atoms with E-state index < -0.39 is 6.04 Å². The van der Waals surface area contributed by atoms with Crippen LogP contribution in [0.2, 0.25) is 0 Å². The maximum Gasteiger partial charge on any atom is 0.242 e. The number of amides is 2. The summed E-state index contributed by atoms with van der Waals surface area (Å²) in [4.78, 5) is 30.3. The molecule has 0 radical (unpaired) electrons. The van der Waals surface area contributed by atoms with Gasteiger partial charge in [-0.15, -0.1) is 11.3 Å². The third-order valence-corrected chi connectivity index (χ3v) is 5.28. The molecular weight excluding hydrogens is 324 g/mol. The van der Waals surface area contributed by atoms with Gasteiger partial charge in [0.15, 0.2) is 0 Å². The standard InChI is InChI=1S/C17H24N4O2S/c1-10(2)15(18)16(23)19-9-14(22)21(4)11(3)17-20-12-7-5-6-8-13(12)24-17/h5-8,10-11,15H,9,18H2,1-4H3,(H,19,23)/t11?,15-/m0/s1. The number of nitrogens with one attached hydrogen (secondary N) is 1. The first kappa shape index (κ1) is 18.4. The normalized spacial score (nSPS) is 13.8. The Hall–Kier alpha value is -1.99. The van der Waals surface area contributed by atoms with Crippen LogP contribution in [0.1, 0.15) is 31.8 Å². The SMILES string of the molecule is CC(C)[C@H](N)C(=O)NCC(=O)N(C)C(C)c1nc2ccccc2s1. The van der Waals surface area contributed by atoms with E-state index in [1.165, 1.54) is 0 Å². The Balaban J connectivity index is 1.98. The first-order valence-corrected chi connectivity index (χ1v) is 8.77. The summed E-state index contributed by atoms with van der Waals surface area (Å²) in [5.41, 5.74) is 6.70. The van der Waals surface area contributed by atoms with Crippen LogP contribution < -0.4 is 11.1 Å². The van der Waals surface area contributed by atoms with Crippen LogP contribution in [0, 0.1) is 5.92 Å². The zero-order valence-electron chi connectivity index (χ0n) is 14.4. The van der Waals surface area contributed by atoms with E-state index in [9.17, 15) is 9.59 Å². The number of fused-ring (bicyclic) bond motifs is 1. The Morgan fingerprint density at radius 3 is 2.58 bits per heavy atom. The molecule has 0 bridgehead atoms. The fourth-order valence-corrected chi connectivity index (χ4v) is 3.22. The molecule has 7 heteroatoms. The second-order valence-corrected chi connectivity index (χ2v) is 7.25. The van der Waals surface area contributed by atoms with Gasteiger partial charge in [-0.3, -0.25) is 9.59 Å². The minimum Gasteiger partial charge on any atom is -0.346 e. The Bertz CT molecular complexity index is 695. The van der Waals surface area contributed by atoms with Crippen LogP contribution in [-0.4, -0.2) is 41.3 Å². The van der Waals surface area contributed by atoms with Gasteiger partial charge in [0.1, 0.15) is 5.01 Å². The lowest BCUT2D eigenvalue weighted by atomic mass is 10.1. The summed E-state index contributed by atoms with van der Waals surface area (Å²) >= 11 is 1.57. The Morgan fingerprint density at radius 2 is 1.96 bits per heavy atom. The second-order valence-electron chi connectivity index (χ2n) is 6.19. The van der Waals surface area contributed by atoms with Crippen LogP contribution >= 0.6 is 11.3 Å². The molecule has 2 atom stereocenters. The maximum atomic E-state index is 12.3. The maximum absolute atomic E-state index is 12.3. The number of benzene rings is 1. The van der Waals surface area contributed by atoms with Crippen LogP contribution in [-0.2, 0) is 9.59 Å². The van der Waals surface area contributed by atoms with Gasteiger partial charge in [0.25, 0.3) is 0 Å². The van der Waals surface area contributed by atoms with Gasteiger partial charge in [0.2, 0.25) is 11.8 Å². The summed E-state index contributed by atoms with van der Waals surface area (Å²) in [6, 6.07) is 7.11. The topological polar surface area (TPSA) is 88.3 Å². The third-order valence-electron chi connectivity index (χ3n) is 4.08. The molecule has 2 amide bonds. The van der Waals surface area contributed by atoms with Crippen LogP contribution in [0.5, 0.6) is 0 Å². The van der Waals surface area contributed by atoms with Gasteiger partial charge in [0, 0.05) is 7.05 Å². The zero-order chi connectivity index (χ0) is 17.9. The molecule has 3 N–H and O–H groups in total. The van der Waals surface area contributed by atoms with Crippen molar-refractivity contribution in [2.45, 2.75) is 32.9 Å². The molecular formula is C17H24N4O2S. The molecule has 0 aliphatic carbocycles. The second kappa shape index (κ2) is 7.72. The Labute approximate surface area is 146 Å². The van der Waals surface area contributed by atoms with Crippen LogP contribution in [0.15, 0.2) is 24.3 Å². The van der Waals surface area contributed by atoms with Gasteiger partial charge >= 0.3 is 0 Å². The molecule has 0 fully saturated rings. The largest absolute Gasteiger partial charge is 0.346 e. The van der Waals surface area contributed by atoms with Crippen molar-refractivity contribution in [2.75, 3.05) is 13.6 Å². The summed E-state index contributed by atoms with van der Waals surface area (Å²) in [6.07, 6.45) is 0. The van der Waals surface area contributed by atoms with Gasteiger partial charge < -0.3 is 16.0 Å². The molecule has 0 aliphatic heterocycles. The number of carbonyl (C=O) groups excluding carboxylic acids is 2. The molecule has 0 saturated heterocycles. The Kier molecular flexibility index (Phi) is 5.90. The molecule has 0 spiro atoms. The molecule has 0 saturated carbocycles. The van der Waals surface area contributed by atoms with Gasteiger partial charge in [0.05, 0.1) is 28.8 Å². The minimum absolute atomic E-state index is 0.0273. The molecule has 2 rings (SSSR count). The molecule has 0 aliphatic rings. The third kappa shape index (κ3) is 4.10. The predicted octanol–water partition coefficient (Wildman–Crippen LogP) is 1.92. The van der Waals surface area contributed by atoms with Crippen molar-refractivity contribution in [3.05, 3.63) is 29.3 Å². The highest BCUT2D eigenvalue weighted by Gasteiger charge is 2.22. The van der Waals surface area contributed by atoms with E-state index in [1.807, 2.05) is 45.0 Å². The van der Waals surface area contributed by atoms with E-state index in [1.54, 1.807) is 23.3 Å². The summed E-state index contributed by atoms with van der Waals surface area (Å²) in [5.74, 6) is -0.454.